The summed E-state index contributed by atoms with van der Waals surface area (Å²) in [5, 5.41) is 14.0. The summed E-state index contributed by atoms with van der Waals surface area (Å²) in [6, 6.07) is 6.20. The van der Waals surface area contributed by atoms with E-state index in [1.54, 1.807) is 0 Å². The molecule has 1 saturated carbocycles. The Morgan fingerprint density at radius 3 is 2.80 bits per heavy atom. The standard InChI is InChI=1S/C16H24ClNO2/c1-11(2)18-10-12-6-5-7-13(17)16(12)20-15-9-4-3-8-14(15)19/h5-7,11,14-15,18-19H,3-4,8-10H2,1-2H3. The largest absolute Gasteiger partial charge is 0.486 e. The number of hydrogen-bond donors (Lipinski definition) is 2. The van der Waals surface area contributed by atoms with Gasteiger partial charge in [0.1, 0.15) is 11.9 Å². The highest BCUT2D eigenvalue weighted by atomic mass is 35.5. The lowest BCUT2D eigenvalue weighted by molar-refractivity contribution is 0.00640. The van der Waals surface area contributed by atoms with Gasteiger partial charge in [0, 0.05) is 18.2 Å². The van der Waals surface area contributed by atoms with Crippen LogP contribution in [0.15, 0.2) is 18.2 Å². The van der Waals surface area contributed by atoms with Crippen LogP contribution in [0.2, 0.25) is 5.02 Å². The van der Waals surface area contributed by atoms with Crippen molar-refractivity contribution in [1.82, 2.24) is 5.32 Å². The van der Waals surface area contributed by atoms with Crippen LogP contribution in [0.25, 0.3) is 0 Å². The van der Waals surface area contributed by atoms with Crippen molar-refractivity contribution in [3.63, 3.8) is 0 Å². The maximum absolute atomic E-state index is 10.0. The van der Waals surface area contributed by atoms with Crippen LogP contribution in [0.5, 0.6) is 5.75 Å². The minimum atomic E-state index is -0.383. The van der Waals surface area contributed by atoms with Crippen LogP contribution in [0.1, 0.15) is 45.1 Å². The first-order valence-corrected chi connectivity index (χ1v) is 7.81. The fourth-order valence-electron chi connectivity index (χ4n) is 2.50. The van der Waals surface area contributed by atoms with Crippen molar-refractivity contribution in [3.05, 3.63) is 28.8 Å². The molecule has 0 heterocycles. The Bertz CT molecular complexity index is 436. The van der Waals surface area contributed by atoms with Gasteiger partial charge in [0.05, 0.1) is 11.1 Å². The van der Waals surface area contributed by atoms with E-state index in [4.69, 9.17) is 16.3 Å². The lowest BCUT2D eigenvalue weighted by Crippen LogP contribution is -2.35. The summed E-state index contributed by atoms with van der Waals surface area (Å²) in [6.45, 7) is 4.93. The minimum absolute atomic E-state index is 0.138. The molecule has 20 heavy (non-hydrogen) atoms. The number of halogens is 1. The predicted molar refractivity (Wildman–Crippen MR) is 82.3 cm³/mol. The van der Waals surface area contributed by atoms with Crippen molar-refractivity contribution in [1.29, 1.82) is 0 Å². The van der Waals surface area contributed by atoms with Crippen LogP contribution in [-0.2, 0) is 6.54 Å². The van der Waals surface area contributed by atoms with E-state index in [2.05, 4.69) is 19.2 Å². The summed E-state index contributed by atoms with van der Waals surface area (Å²) < 4.78 is 6.04. The molecule has 2 unspecified atom stereocenters. The van der Waals surface area contributed by atoms with E-state index in [1.165, 1.54) is 0 Å². The average molecular weight is 298 g/mol. The van der Waals surface area contributed by atoms with E-state index in [1.807, 2.05) is 18.2 Å². The van der Waals surface area contributed by atoms with Crippen LogP contribution in [0.3, 0.4) is 0 Å². The second-order valence-corrected chi connectivity index (χ2v) is 6.18. The van der Waals surface area contributed by atoms with E-state index in [0.717, 1.165) is 37.8 Å². The fourth-order valence-corrected chi connectivity index (χ4v) is 2.74. The highest BCUT2D eigenvalue weighted by Gasteiger charge is 2.26. The zero-order valence-electron chi connectivity index (χ0n) is 12.2. The Morgan fingerprint density at radius 1 is 1.35 bits per heavy atom. The summed E-state index contributed by atoms with van der Waals surface area (Å²) in [5.41, 5.74) is 1.05. The molecule has 0 amide bonds. The highest BCUT2D eigenvalue weighted by Crippen LogP contribution is 2.32. The van der Waals surface area contributed by atoms with Gasteiger partial charge in [-0.2, -0.15) is 0 Å². The molecule has 0 aliphatic heterocycles. The van der Waals surface area contributed by atoms with Crippen molar-refractivity contribution in [2.24, 2.45) is 0 Å². The first-order valence-electron chi connectivity index (χ1n) is 7.43. The predicted octanol–water partition coefficient (Wildman–Crippen LogP) is 3.52. The Labute approximate surface area is 126 Å². The van der Waals surface area contributed by atoms with E-state index < -0.39 is 0 Å². The van der Waals surface area contributed by atoms with Crippen molar-refractivity contribution in [2.45, 2.75) is 64.3 Å². The van der Waals surface area contributed by atoms with Gasteiger partial charge >= 0.3 is 0 Å². The topological polar surface area (TPSA) is 41.5 Å². The summed E-state index contributed by atoms with van der Waals surface area (Å²) in [4.78, 5) is 0. The summed E-state index contributed by atoms with van der Waals surface area (Å²) in [6.07, 6.45) is 3.36. The average Bonchev–Trinajstić information content (AvgIpc) is 2.41. The van der Waals surface area contributed by atoms with Gasteiger partial charge in [0.25, 0.3) is 0 Å². The zero-order chi connectivity index (χ0) is 14.5. The molecule has 4 heteroatoms. The number of rotatable bonds is 5. The van der Waals surface area contributed by atoms with Gasteiger partial charge in [-0.1, -0.05) is 44.0 Å². The van der Waals surface area contributed by atoms with Gasteiger partial charge < -0.3 is 15.2 Å². The Morgan fingerprint density at radius 2 is 2.10 bits per heavy atom. The van der Waals surface area contributed by atoms with Crippen molar-refractivity contribution < 1.29 is 9.84 Å². The first-order chi connectivity index (χ1) is 9.58. The highest BCUT2D eigenvalue weighted by molar-refractivity contribution is 6.32. The van der Waals surface area contributed by atoms with Gasteiger partial charge in [0.15, 0.2) is 0 Å². The number of hydrogen-bond acceptors (Lipinski definition) is 3. The third-order valence-corrected chi connectivity index (χ3v) is 3.98. The molecule has 2 atom stereocenters. The number of para-hydroxylation sites is 1. The van der Waals surface area contributed by atoms with Gasteiger partial charge in [0.2, 0.25) is 0 Å². The SMILES string of the molecule is CC(C)NCc1cccc(Cl)c1OC1CCCCC1O. The lowest BCUT2D eigenvalue weighted by atomic mass is 9.95. The molecular weight excluding hydrogens is 274 g/mol. The summed E-state index contributed by atoms with van der Waals surface area (Å²) in [7, 11) is 0. The van der Waals surface area contributed by atoms with E-state index in [9.17, 15) is 5.11 Å². The smallest absolute Gasteiger partial charge is 0.142 e. The van der Waals surface area contributed by atoms with Gasteiger partial charge in [-0.15, -0.1) is 0 Å². The molecule has 3 nitrogen and oxygen atoms in total. The summed E-state index contributed by atoms with van der Waals surface area (Å²) >= 11 is 6.28. The monoisotopic (exact) mass is 297 g/mol. The molecule has 1 aliphatic rings. The first kappa shape index (κ1) is 15.6. The maximum Gasteiger partial charge on any atom is 0.142 e. The molecule has 1 aromatic carbocycles. The lowest BCUT2D eigenvalue weighted by Gasteiger charge is -2.29. The van der Waals surface area contributed by atoms with Crippen molar-refractivity contribution in [3.8, 4) is 5.75 Å². The Balaban J connectivity index is 2.12. The molecule has 112 valence electrons. The molecule has 1 aromatic rings. The van der Waals surface area contributed by atoms with Crippen LogP contribution in [0, 0.1) is 0 Å². The second kappa shape index (κ2) is 7.30. The fraction of sp³-hybridized carbons (Fsp3) is 0.625. The minimum Gasteiger partial charge on any atom is -0.486 e. The van der Waals surface area contributed by atoms with Crippen LogP contribution < -0.4 is 10.1 Å². The molecule has 0 spiro atoms. The number of benzene rings is 1. The second-order valence-electron chi connectivity index (χ2n) is 5.77. The third-order valence-electron chi connectivity index (χ3n) is 3.69. The van der Waals surface area contributed by atoms with Gasteiger partial charge in [-0.25, -0.2) is 0 Å². The molecule has 2 N–H and O–H groups in total. The zero-order valence-corrected chi connectivity index (χ0v) is 13.0. The third kappa shape index (κ3) is 4.11. The maximum atomic E-state index is 10.0. The molecule has 0 aromatic heterocycles. The molecule has 0 bridgehead atoms. The van der Waals surface area contributed by atoms with E-state index >= 15 is 0 Å². The van der Waals surface area contributed by atoms with E-state index in [-0.39, 0.29) is 12.2 Å². The quantitative estimate of drug-likeness (QED) is 0.874. The summed E-state index contributed by atoms with van der Waals surface area (Å²) in [5.74, 6) is 0.716. The van der Waals surface area contributed by atoms with Gasteiger partial charge in [-0.05, 0) is 25.3 Å². The van der Waals surface area contributed by atoms with Crippen molar-refractivity contribution >= 4 is 11.6 Å². The van der Waals surface area contributed by atoms with Crippen LogP contribution >= 0.6 is 11.6 Å². The van der Waals surface area contributed by atoms with E-state index in [0.29, 0.717) is 16.8 Å². The molecule has 1 aliphatic carbocycles. The van der Waals surface area contributed by atoms with Crippen LogP contribution in [0.4, 0.5) is 0 Å². The molecule has 0 saturated heterocycles. The molecule has 2 rings (SSSR count). The van der Waals surface area contributed by atoms with Crippen LogP contribution in [-0.4, -0.2) is 23.4 Å². The normalized spacial score (nSPS) is 23.1. The number of aliphatic hydroxyl groups excluding tert-OH is 1. The number of aliphatic hydroxyl groups is 1. The van der Waals surface area contributed by atoms with Gasteiger partial charge in [-0.3, -0.25) is 0 Å². The Kier molecular flexibility index (Phi) is 5.70. The molecular formula is C16H24ClNO2. The van der Waals surface area contributed by atoms with Crippen molar-refractivity contribution in [2.75, 3.05) is 0 Å². The Hall–Kier alpha value is -0.770. The number of ether oxygens (including phenoxy) is 1. The molecule has 1 fully saturated rings. The number of nitrogens with one attached hydrogen (secondary N) is 1. The molecule has 0 radical (unpaired) electrons.